The standard InChI is InChI=1S/C18H21NO3/c1-2-21-15-10-8-13(9-11-15)12-16-17(19-22-18(16)20)14-6-4-3-5-7-14/h8-12,14H,2-7H2,1H3/b16-12-. The zero-order valence-electron chi connectivity index (χ0n) is 12.9. The second-order valence-corrected chi connectivity index (χ2v) is 5.75. The monoisotopic (exact) mass is 299 g/mol. The van der Waals surface area contributed by atoms with E-state index in [2.05, 4.69) is 5.16 Å². The third-order valence-electron chi connectivity index (χ3n) is 4.22. The van der Waals surface area contributed by atoms with E-state index in [9.17, 15) is 4.79 Å². The van der Waals surface area contributed by atoms with Crippen LogP contribution in [0, 0.1) is 5.92 Å². The maximum absolute atomic E-state index is 12.0. The Morgan fingerprint density at radius 3 is 2.64 bits per heavy atom. The van der Waals surface area contributed by atoms with Crippen molar-refractivity contribution in [1.82, 2.24) is 0 Å². The molecule has 0 spiro atoms. The summed E-state index contributed by atoms with van der Waals surface area (Å²) in [7, 11) is 0. The van der Waals surface area contributed by atoms with Gasteiger partial charge in [-0.15, -0.1) is 0 Å². The second-order valence-electron chi connectivity index (χ2n) is 5.75. The summed E-state index contributed by atoms with van der Waals surface area (Å²) in [5.74, 6) is 0.850. The molecule has 1 aromatic rings. The van der Waals surface area contributed by atoms with E-state index in [1.54, 1.807) is 0 Å². The van der Waals surface area contributed by atoms with E-state index in [-0.39, 0.29) is 5.97 Å². The molecule has 0 aromatic heterocycles. The molecule has 0 amide bonds. The van der Waals surface area contributed by atoms with Gasteiger partial charge in [-0.3, -0.25) is 0 Å². The van der Waals surface area contributed by atoms with Gasteiger partial charge in [0.1, 0.15) is 5.75 Å². The van der Waals surface area contributed by atoms with E-state index in [0.29, 0.717) is 18.1 Å². The van der Waals surface area contributed by atoms with Crippen LogP contribution in [0.15, 0.2) is 35.0 Å². The Balaban J connectivity index is 1.80. The summed E-state index contributed by atoms with van der Waals surface area (Å²) >= 11 is 0. The molecule has 0 radical (unpaired) electrons. The van der Waals surface area contributed by atoms with Gasteiger partial charge in [0.25, 0.3) is 0 Å². The summed E-state index contributed by atoms with van der Waals surface area (Å²) in [6.07, 6.45) is 7.74. The average Bonchev–Trinajstić information content (AvgIpc) is 2.91. The average molecular weight is 299 g/mol. The minimum absolute atomic E-state index is 0.338. The molecule has 22 heavy (non-hydrogen) atoms. The molecule has 4 heteroatoms. The molecule has 0 atom stereocenters. The van der Waals surface area contributed by atoms with Crippen LogP contribution in [0.4, 0.5) is 0 Å². The van der Waals surface area contributed by atoms with Crippen LogP contribution in [-0.4, -0.2) is 18.3 Å². The molecule has 4 nitrogen and oxygen atoms in total. The molecule has 2 aliphatic rings. The Hall–Kier alpha value is -2.10. The van der Waals surface area contributed by atoms with Crippen LogP contribution in [0.5, 0.6) is 5.75 Å². The van der Waals surface area contributed by atoms with Crippen molar-refractivity contribution in [1.29, 1.82) is 0 Å². The Labute approximate surface area is 130 Å². The van der Waals surface area contributed by atoms with Gasteiger partial charge in [-0.1, -0.05) is 36.6 Å². The quantitative estimate of drug-likeness (QED) is 0.624. The zero-order chi connectivity index (χ0) is 15.4. The molecule has 1 heterocycles. The molecule has 0 N–H and O–H groups in total. The Kier molecular flexibility index (Phi) is 4.56. The minimum atomic E-state index is -0.338. The third kappa shape index (κ3) is 3.21. The number of hydrogen-bond acceptors (Lipinski definition) is 4. The molecular formula is C18H21NO3. The van der Waals surface area contributed by atoms with Crippen molar-refractivity contribution in [2.45, 2.75) is 39.0 Å². The van der Waals surface area contributed by atoms with Crippen LogP contribution in [0.1, 0.15) is 44.6 Å². The molecule has 1 aliphatic carbocycles. The van der Waals surface area contributed by atoms with Gasteiger partial charge in [0.05, 0.1) is 17.9 Å². The van der Waals surface area contributed by atoms with Crippen LogP contribution in [0.3, 0.4) is 0 Å². The fourth-order valence-electron chi connectivity index (χ4n) is 3.09. The first kappa shape index (κ1) is 14.8. The number of nitrogens with zero attached hydrogens (tertiary/aromatic N) is 1. The number of benzene rings is 1. The van der Waals surface area contributed by atoms with Crippen molar-refractivity contribution in [3.05, 3.63) is 35.4 Å². The normalized spacial score (nSPS) is 20.9. The van der Waals surface area contributed by atoms with Crippen LogP contribution >= 0.6 is 0 Å². The number of ether oxygens (including phenoxy) is 1. The lowest BCUT2D eigenvalue weighted by Gasteiger charge is -2.20. The maximum atomic E-state index is 12.0. The van der Waals surface area contributed by atoms with E-state index in [4.69, 9.17) is 9.57 Å². The predicted octanol–water partition coefficient (Wildman–Crippen LogP) is 3.96. The molecule has 1 fully saturated rings. The second kappa shape index (κ2) is 6.77. The lowest BCUT2D eigenvalue weighted by atomic mass is 9.83. The number of rotatable bonds is 4. The molecule has 0 bridgehead atoms. The molecule has 1 saturated carbocycles. The minimum Gasteiger partial charge on any atom is -0.494 e. The summed E-state index contributed by atoms with van der Waals surface area (Å²) in [6, 6.07) is 7.71. The van der Waals surface area contributed by atoms with Gasteiger partial charge < -0.3 is 9.57 Å². The highest BCUT2D eigenvalue weighted by molar-refractivity contribution is 6.25. The SMILES string of the molecule is CCOc1ccc(/C=C2\C(=O)ON=C2C2CCCCC2)cc1. The van der Waals surface area contributed by atoms with Crippen molar-refractivity contribution < 1.29 is 14.4 Å². The molecule has 0 unspecified atom stereocenters. The molecule has 116 valence electrons. The number of carbonyl (C=O) groups is 1. The highest BCUT2D eigenvalue weighted by Gasteiger charge is 2.32. The number of oxime groups is 1. The van der Waals surface area contributed by atoms with Gasteiger partial charge in [-0.05, 0) is 43.5 Å². The van der Waals surface area contributed by atoms with Gasteiger partial charge >= 0.3 is 5.97 Å². The molecule has 1 aliphatic heterocycles. The third-order valence-corrected chi connectivity index (χ3v) is 4.22. The highest BCUT2D eigenvalue weighted by Crippen LogP contribution is 2.31. The number of carbonyl (C=O) groups excluding carboxylic acids is 1. The van der Waals surface area contributed by atoms with Gasteiger partial charge in [0.15, 0.2) is 0 Å². The maximum Gasteiger partial charge on any atom is 0.367 e. The largest absolute Gasteiger partial charge is 0.494 e. The molecule has 3 rings (SSSR count). The van der Waals surface area contributed by atoms with E-state index in [0.717, 1.165) is 29.9 Å². The van der Waals surface area contributed by atoms with Crippen molar-refractivity contribution in [2.75, 3.05) is 6.61 Å². The number of hydrogen-bond donors (Lipinski definition) is 0. The van der Waals surface area contributed by atoms with Gasteiger partial charge in [0, 0.05) is 5.92 Å². The van der Waals surface area contributed by atoms with Gasteiger partial charge in [-0.2, -0.15) is 0 Å². The summed E-state index contributed by atoms with van der Waals surface area (Å²) in [5, 5.41) is 4.04. The highest BCUT2D eigenvalue weighted by atomic mass is 16.7. The lowest BCUT2D eigenvalue weighted by molar-refractivity contribution is -0.136. The Bertz CT molecular complexity index is 595. The summed E-state index contributed by atoms with van der Waals surface area (Å²) in [6.45, 7) is 2.60. The van der Waals surface area contributed by atoms with Gasteiger partial charge in [-0.25, -0.2) is 4.79 Å². The van der Waals surface area contributed by atoms with Crippen molar-refractivity contribution in [3.63, 3.8) is 0 Å². The van der Waals surface area contributed by atoms with Crippen molar-refractivity contribution in [3.8, 4) is 5.75 Å². The fraction of sp³-hybridized carbons (Fsp3) is 0.444. The van der Waals surface area contributed by atoms with E-state index >= 15 is 0 Å². The smallest absolute Gasteiger partial charge is 0.367 e. The van der Waals surface area contributed by atoms with Crippen molar-refractivity contribution in [2.24, 2.45) is 11.1 Å². The Morgan fingerprint density at radius 2 is 1.95 bits per heavy atom. The van der Waals surface area contributed by atoms with Crippen LogP contribution < -0.4 is 4.74 Å². The first-order valence-corrected chi connectivity index (χ1v) is 8.02. The first-order chi connectivity index (χ1) is 10.8. The van der Waals surface area contributed by atoms with Crippen molar-refractivity contribution >= 4 is 17.8 Å². The summed E-state index contributed by atoms with van der Waals surface area (Å²) in [4.78, 5) is 16.9. The summed E-state index contributed by atoms with van der Waals surface area (Å²) < 4.78 is 5.43. The molecule has 0 saturated heterocycles. The van der Waals surface area contributed by atoms with Gasteiger partial charge in [0.2, 0.25) is 0 Å². The topological polar surface area (TPSA) is 47.9 Å². The zero-order valence-corrected chi connectivity index (χ0v) is 12.9. The first-order valence-electron chi connectivity index (χ1n) is 8.02. The van der Waals surface area contributed by atoms with E-state index in [1.807, 2.05) is 37.3 Å². The fourth-order valence-corrected chi connectivity index (χ4v) is 3.09. The molecule has 1 aromatic carbocycles. The van der Waals surface area contributed by atoms with Crippen LogP contribution in [0.2, 0.25) is 0 Å². The van der Waals surface area contributed by atoms with E-state index in [1.165, 1.54) is 19.3 Å². The molecular weight excluding hydrogens is 278 g/mol. The van der Waals surface area contributed by atoms with Crippen LogP contribution in [0.25, 0.3) is 6.08 Å². The summed E-state index contributed by atoms with van der Waals surface area (Å²) in [5.41, 5.74) is 2.40. The van der Waals surface area contributed by atoms with Crippen LogP contribution in [-0.2, 0) is 9.63 Å². The Morgan fingerprint density at radius 1 is 1.23 bits per heavy atom. The predicted molar refractivity (Wildman–Crippen MR) is 85.7 cm³/mol. The lowest BCUT2D eigenvalue weighted by Crippen LogP contribution is -2.19. The van der Waals surface area contributed by atoms with E-state index < -0.39 is 0 Å².